The highest BCUT2D eigenvalue weighted by Crippen LogP contribution is 2.60. The summed E-state index contributed by atoms with van der Waals surface area (Å²) < 4.78 is 8.76. The minimum absolute atomic E-state index is 0.0258. The van der Waals surface area contributed by atoms with E-state index in [1.54, 1.807) is 0 Å². The van der Waals surface area contributed by atoms with Gasteiger partial charge in [-0.15, -0.1) is 0 Å². The minimum atomic E-state index is -0.263. The Labute approximate surface area is 369 Å². The van der Waals surface area contributed by atoms with E-state index in [4.69, 9.17) is 4.42 Å². The molecule has 0 radical (unpaired) electrons. The van der Waals surface area contributed by atoms with Crippen LogP contribution < -0.4 is 15.7 Å². The molecule has 0 saturated carbocycles. The molecule has 8 aromatic carbocycles. The van der Waals surface area contributed by atoms with E-state index < -0.39 is 0 Å². The molecular formula is C59H49BN2O. The van der Waals surface area contributed by atoms with E-state index in [-0.39, 0.29) is 23.1 Å². The van der Waals surface area contributed by atoms with Crippen molar-refractivity contribution in [2.45, 2.75) is 71.6 Å². The maximum Gasteiger partial charge on any atom is 0.329 e. The number of fused-ring (bicyclic) bond motifs is 12. The van der Waals surface area contributed by atoms with Crippen molar-refractivity contribution < 1.29 is 4.42 Å². The molecule has 0 spiro atoms. The van der Waals surface area contributed by atoms with E-state index in [0.717, 1.165) is 21.9 Å². The average molecular weight is 813 g/mol. The first-order chi connectivity index (χ1) is 30.3. The molecule has 2 aromatic heterocycles. The quantitative estimate of drug-likeness (QED) is 0.162. The molecule has 4 heteroatoms. The van der Waals surface area contributed by atoms with Gasteiger partial charge in [0.2, 0.25) is 0 Å². The number of aromatic nitrogens is 1. The Bertz CT molecular complexity index is 3630. The summed E-state index contributed by atoms with van der Waals surface area (Å²) in [6, 6.07) is 57.5. The molecule has 3 nitrogen and oxygen atoms in total. The molecule has 10 aromatic rings. The predicted molar refractivity (Wildman–Crippen MR) is 267 cm³/mol. The molecule has 5 heterocycles. The summed E-state index contributed by atoms with van der Waals surface area (Å²) in [6.45, 7) is 19.1. The van der Waals surface area contributed by atoms with Gasteiger partial charge in [0.1, 0.15) is 11.2 Å². The van der Waals surface area contributed by atoms with Crippen molar-refractivity contribution in [3.63, 3.8) is 0 Å². The Morgan fingerprint density at radius 1 is 0.460 bits per heavy atom. The highest BCUT2D eigenvalue weighted by atomic mass is 16.3. The molecule has 0 aliphatic carbocycles. The molecule has 0 N–H and O–H groups in total. The van der Waals surface area contributed by atoms with Gasteiger partial charge in [0.25, 0.3) is 0 Å². The number of para-hydroxylation sites is 3. The van der Waals surface area contributed by atoms with Gasteiger partial charge in [-0.2, -0.15) is 0 Å². The van der Waals surface area contributed by atoms with E-state index in [1.165, 1.54) is 105 Å². The number of hydrogen-bond donors (Lipinski definition) is 0. The molecule has 0 bridgehead atoms. The van der Waals surface area contributed by atoms with Gasteiger partial charge in [-0.3, -0.25) is 0 Å². The first kappa shape index (κ1) is 36.8. The maximum absolute atomic E-state index is 6.29. The first-order valence-corrected chi connectivity index (χ1v) is 22.6. The van der Waals surface area contributed by atoms with Crippen LogP contribution in [0.3, 0.4) is 0 Å². The standard InChI is InChI=1S/C59H49BN2O/c1-57(2,3)36-28-45-41-26-34(35-23-25-54-44(27-35)40-19-13-15-21-53(40)63-54)22-24-49(41)60-50-32-43-39-18-12-14-20-51(39)61(38-16-10-9-11-17-38)52(43)33-42(50)46-29-37(58(4,5)6)31-48-56(46)62(60)55(45)47(30-36)59(48,7)8/h9-33H,1-8H3. The third-order valence-electron chi connectivity index (χ3n) is 14.8. The van der Waals surface area contributed by atoms with Crippen molar-refractivity contribution in [2.75, 3.05) is 4.81 Å². The van der Waals surface area contributed by atoms with Gasteiger partial charge in [0.15, 0.2) is 0 Å². The van der Waals surface area contributed by atoms with Crippen molar-refractivity contribution in [3.8, 4) is 39.1 Å². The highest BCUT2D eigenvalue weighted by Gasteiger charge is 2.51. The van der Waals surface area contributed by atoms with Crippen LogP contribution in [0.15, 0.2) is 156 Å². The lowest BCUT2D eigenvalue weighted by Gasteiger charge is -2.52. The second kappa shape index (κ2) is 12.2. The summed E-state index contributed by atoms with van der Waals surface area (Å²) in [7, 11) is 0. The van der Waals surface area contributed by atoms with Crippen LogP contribution >= 0.6 is 0 Å². The fourth-order valence-corrected chi connectivity index (χ4v) is 11.4. The van der Waals surface area contributed by atoms with Crippen LogP contribution in [0.5, 0.6) is 0 Å². The van der Waals surface area contributed by atoms with Crippen molar-refractivity contribution >= 4 is 72.9 Å². The monoisotopic (exact) mass is 812 g/mol. The summed E-state index contributed by atoms with van der Waals surface area (Å²) in [5, 5.41) is 4.87. The van der Waals surface area contributed by atoms with Gasteiger partial charge in [0.05, 0.1) is 11.0 Å². The third-order valence-corrected chi connectivity index (χ3v) is 14.8. The first-order valence-electron chi connectivity index (χ1n) is 22.6. The van der Waals surface area contributed by atoms with E-state index >= 15 is 0 Å². The van der Waals surface area contributed by atoms with E-state index in [1.807, 2.05) is 6.07 Å². The summed E-state index contributed by atoms with van der Waals surface area (Å²) in [6.07, 6.45) is 0. The Morgan fingerprint density at radius 2 is 1.05 bits per heavy atom. The molecule has 0 unspecified atom stereocenters. The zero-order valence-corrected chi connectivity index (χ0v) is 37.3. The number of rotatable bonds is 2. The predicted octanol–water partition coefficient (Wildman–Crippen LogP) is 14.5. The lowest BCUT2D eigenvalue weighted by Crippen LogP contribution is -2.61. The third kappa shape index (κ3) is 4.98. The largest absolute Gasteiger partial charge is 0.456 e. The molecule has 0 amide bonds. The van der Waals surface area contributed by atoms with Gasteiger partial charge in [-0.1, -0.05) is 146 Å². The van der Waals surface area contributed by atoms with E-state index in [2.05, 4.69) is 210 Å². The van der Waals surface area contributed by atoms with Crippen molar-refractivity contribution in [1.82, 2.24) is 4.57 Å². The van der Waals surface area contributed by atoms with E-state index in [0.29, 0.717) is 0 Å². The summed E-state index contributed by atoms with van der Waals surface area (Å²) >= 11 is 0. The highest BCUT2D eigenvalue weighted by molar-refractivity contribution is 6.93. The smallest absolute Gasteiger partial charge is 0.329 e. The SMILES string of the molecule is CC(C)(C)c1cc2c3c(c1)C(C)(C)c1cc(C(C)(C)C)cc4c1N3B(c1ccc(-c3ccc5oc6ccccc6c5c3)cc1-2)c1cc2c3ccccc3n(-c3ccccc3)c2cc1-4. The van der Waals surface area contributed by atoms with Crippen LogP contribution in [0.2, 0.25) is 0 Å². The number of hydrogen-bond acceptors (Lipinski definition) is 2. The van der Waals surface area contributed by atoms with Crippen molar-refractivity contribution in [3.05, 3.63) is 174 Å². The van der Waals surface area contributed by atoms with Gasteiger partial charge < -0.3 is 13.8 Å². The van der Waals surface area contributed by atoms with Crippen LogP contribution in [0.25, 0.3) is 82.8 Å². The fourth-order valence-electron chi connectivity index (χ4n) is 11.4. The van der Waals surface area contributed by atoms with Crippen molar-refractivity contribution in [1.29, 1.82) is 0 Å². The second-order valence-electron chi connectivity index (χ2n) is 21.0. The van der Waals surface area contributed by atoms with Gasteiger partial charge in [0, 0.05) is 55.1 Å². The van der Waals surface area contributed by atoms with Crippen LogP contribution in [-0.4, -0.2) is 11.4 Å². The van der Waals surface area contributed by atoms with Gasteiger partial charge in [-0.05, 0) is 127 Å². The molecule has 3 aliphatic heterocycles. The molecule has 3 aliphatic rings. The second-order valence-corrected chi connectivity index (χ2v) is 21.0. The summed E-state index contributed by atoms with van der Waals surface area (Å²) in [5.74, 6) is 0. The van der Waals surface area contributed by atoms with E-state index in [9.17, 15) is 0 Å². The fraction of sp³-hybridized carbons (Fsp3) is 0.186. The number of anilines is 2. The molecule has 304 valence electrons. The molecule has 13 rings (SSSR count). The molecule has 0 saturated heterocycles. The zero-order valence-electron chi connectivity index (χ0n) is 37.3. The molecule has 0 atom stereocenters. The van der Waals surface area contributed by atoms with Gasteiger partial charge in [-0.25, -0.2) is 0 Å². The summed E-state index contributed by atoms with van der Waals surface area (Å²) in [5.41, 5.74) is 23.8. The minimum Gasteiger partial charge on any atom is -0.456 e. The van der Waals surface area contributed by atoms with Crippen molar-refractivity contribution in [2.24, 2.45) is 0 Å². The van der Waals surface area contributed by atoms with Crippen LogP contribution in [-0.2, 0) is 16.2 Å². The van der Waals surface area contributed by atoms with Crippen LogP contribution in [0, 0.1) is 0 Å². The Balaban J connectivity index is 1.16. The Kier molecular flexibility index (Phi) is 7.15. The topological polar surface area (TPSA) is 21.3 Å². The number of benzene rings is 8. The number of furan rings is 1. The molecule has 63 heavy (non-hydrogen) atoms. The lowest BCUT2D eigenvalue weighted by molar-refractivity contribution is 0.574. The molecule has 0 fully saturated rings. The Hall–Kier alpha value is -6.78. The number of nitrogens with zero attached hydrogens (tertiary/aromatic N) is 2. The molecular weight excluding hydrogens is 763 g/mol. The van der Waals surface area contributed by atoms with Crippen LogP contribution in [0.1, 0.15) is 77.6 Å². The Morgan fingerprint density at radius 3 is 1.75 bits per heavy atom. The maximum atomic E-state index is 6.29. The lowest BCUT2D eigenvalue weighted by atomic mass is 9.41. The van der Waals surface area contributed by atoms with Gasteiger partial charge >= 0.3 is 6.85 Å². The normalized spacial score (nSPS) is 14.7. The average Bonchev–Trinajstić information content (AvgIpc) is 3.81. The summed E-state index contributed by atoms with van der Waals surface area (Å²) in [4.78, 5) is 2.77. The zero-order chi connectivity index (χ0) is 42.9. The van der Waals surface area contributed by atoms with Crippen LogP contribution in [0.4, 0.5) is 11.4 Å².